The van der Waals surface area contributed by atoms with Crippen LogP contribution in [0.5, 0.6) is 5.88 Å². The number of aromatic nitrogens is 2. The van der Waals surface area contributed by atoms with Crippen molar-refractivity contribution >= 4 is 15.9 Å². The van der Waals surface area contributed by atoms with Gasteiger partial charge >= 0.3 is 0 Å². The lowest BCUT2D eigenvalue weighted by Gasteiger charge is -2.25. The van der Waals surface area contributed by atoms with Crippen LogP contribution in [-0.4, -0.2) is 23.1 Å². The summed E-state index contributed by atoms with van der Waals surface area (Å²) >= 11 is 3.38. The smallest absolute Gasteiger partial charge is 0.231 e. The van der Waals surface area contributed by atoms with Crippen molar-refractivity contribution in [3.63, 3.8) is 0 Å². The minimum Gasteiger partial charge on any atom is -0.476 e. The number of halogens is 1. The molecule has 0 saturated carbocycles. The summed E-state index contributed by atoms with van der Waals surface area (Å²) in [5, 5.41) is 3.47. The first-order valence-electron chi connectivity index (χ1n) is 6.90. The molecule has 1 heterocycles. The van der Waals surface area contributed by atoms with Gasteiger partial charge in [-0.15, -0.1) is 0 Å². The van der Waals surface area contributed by atoms with E-state index in [-0.39, 0.29) is 5.41 Å². The summed E-state index contributed by atoms with van der Waals surface area (Å²) in [6, 6.07) is 10.4. The Balaban J connectivity index is 1.78. The molecule has 0 spiro atoms. The van der Waals surface area contributed by atoms with Gasteiger partial charge in [-0.1, -0.05) is 44.2 Å². The molecule has 4 nitrogen and oxygen atoms in total. The highest BCUT2D eigenvalue weighted by molar-refractivity contribution is 9.10. The van der Waals surface area contributed by atoms with Gasteiger partial charge in [0.1, 0.15) is 6.33 Å². The van der Waals surface area contributed by atoms with Crippen molar-refractivity contribution < 1.29 is 4.74 Å². The monoisotopic (exact) mass is 349 g/mol. The highest BCUT2D eigenvalue weighted by Crippen LogP contribution is 2.22. The summed E-state index contributed by atoms with van der Waals surface area (Å²) in [7, 11) is 0. The lowest BCUT2D eigenvalue weighted by molar-refractivity contribution is 0.169. The predicted octanol–water partition coefficient (Wildman–Crippen LogP) is 3.43. The average Bonchev–Trinajstić information content (AvgIpc) is 2.47. The van der Waals surface area contributed by atoms with Gasteiger partial charge in [0, 0.05) is 24.7 Å². The maximum absolute atomic E-state index is 5.77. The van der Waals surface area contributed by atoms with E-state index in [1.807, 2.05) is 6.07 Å². The van der Waals surface area contributed by atoms with Crippen molar-refractivity contribution in [1.82, 2.24) is 15.3 Å². The third-order valence-corrected chi connectivity index (χ3v) is 3.55. The number of hydrogen-bond donors (Lipinski definition) is 1. The summed E-state index contributed by atoms with van der Waals surface area (Å²) in [6.45, 7) is 6.65. The largest absolute Gasteiger partial charge is 0.476 e. The van der Waals surface area contributed by atoms with Crippen molar-refractivity contribution in [1.29, 1.82) is 0 Å². The summed E-state index contributed by atoms with van der Waals surface area (Å²) < 4.78 is 6.54. The number of hydrogen-bond acceptors (Lipinski definition) is 4. The molecule has 21 heavy (non-hydrogen) atoms. The fraction of sp³-hybridized carbons (Fsp3) is 0.375. The number of nitrogens with zero attached hydrogens (tertiary/aromatic N) is 2. The molecule has 5 heteroatoms. The second-order valence-electron chi connectivity index (χ2n) is 5.72. The van der Waals surface area contributed by atoms with Crippen molar-refractivity contribution in [2.45, 2.75) is 20.4 Å². The SMILES string of the molecule is CC(C)(CNCc1ccccc1)COc1ncncc1Br. The van der Waals surface area contributed by atoms with Crippen LogP contribution < -0.4 is 10.1 Å². The maximum atomic E-state index is 5.77. The number of nitrogens with one attached hydrogen (secondary N) is 1. The van der Waals surface area contributed by atoms with Crippen LogP contribution in [0.3, 0.4) is 0 Å². The topological polar surface area (TPSA) is 47.0 Å². The Morgan fingerprint density at radius 2 is 2.00 bits per heavy atom. The van der Waals surface area contributed by atoms with E-state index in [0.717, 1.165) is 17.6 Å². The molecule has 0 aliphatic heterocycles. The lowest BCUT2D eigenvalue weighted by Crippen LogP contribution is -2.34. The quantitative estimate of drug-likeness (QED) is 0.831. The second-order valence-corrected chi connectivity index (χ2v) is 6.57. The molecule has 0 unspecified atom stereocenters. The molecule has 0 atom stereocenters. The highest BCUT2D eigenvalue weighted by atomic mass is 79.9. The van der Waals surface area contributed by atoms with Gasteiger partial charge in [0.25, 0.3) is 0 Å². The van der Waals surface area contributed by atoms with Crippen LogP contribution in [0.4, 0.5) is 0 Å². The Morgan fingerprint density at radius 1 is 1.24 bits per heavy atom. The van der Waals surface area contributed by atoms with Crippen LogP contribution in [0.15, 0.2) is 47.3 Å². The Hall–Kier alpha value is -1.46. The van der Waals surface area contributed by atoms with Gasteiger partial charge < -0.3 is 10.1 Å². The third kappa shape index (κ3) is 5.44. The van der Waals surface area contributed by atoms with Crippen molar-refractivity contribution in [3.8, 4) is 5.88 Å². The van der Waals surface area contributed by atoms with Gasteiger partial charge in [0.05, 0.1) is 11.1 Å². The molecule has 0 radical (unpaired) electrons. The molecule has 1 aromatic heterocycles. The van der Waals surface area contributed by atoms with E-state index in [0.29, 0.717) is 12.5 Å². The summed E-state index contributed by atoms with van der Waals surface area (Å²) in [5.41, 5.74) is 1.30. The molecule has 0 saturated heterocycles. The molecule has 1 aromatic carbocycles. The fourth-order valence-corrected chi connectivity index (χ4v) is 2.20. The van der Waals surface area contributed by atoms with E-state index < -0.39 is 0 Å². The summed E-state index contributed by atoms with van der Waals surface area (Å²) in [4.78, 5) is 8.03. The molecule has 0 bridgehead atoms. The van der Waals surface area contributed by atoms with E-state index in [9.17, 15) is 0 Å². The normalized spacial score (nSPS) is 11.4. The van der Waals surface area contributed by atoms with Gasteiger partial charge in [-0.2, -0.15) is 0 Å². The molecule has 1 N–H and O–H groups in total. The van der Waals surface area contributed by atoms with E-state index in [1.165, 1.54) is 11.9 Å². The first-order valence-corrected chi connectivity index (χ1v) is 7.69. The first-order chi connectivity index (χ1) is 10.1. The molecule has 0 aliphatic rings. The molecule has 112 valence electrons. The number of ether oxygens (including phenoxy) is 1. The molecular weight excluding hydrogens is 330 g/mol. The molecule has 2 aromatic rings. The van der Waals surface area contributed by atoms with Crippen LogP contribution >= 0.6 is 15.9 Å². The van der Waals surface area contributed by atoms with Gasteiger partial charge in [-0.25, -0.2) is 9.97 Å². The van der Waals surface area contributed by atoms with Crippen LogP contribution in [0.2, 0.25) is 0 Å². The molecule has 2 rings (SSSR count). The predicted molar refractivity (Wildman–Crippen MR) is 87.2 cm³/mol. The van der Waals surface area contributed by atoms with Crippen LogP contribution in [0, 0.1) is 5.41 Å². The van der Waals surface area contributed by atoms with E-state index >= 15 is 0 Å². The maximum Gasteiger partial charge on any atom is 0.231 e. The molecule has 0 aliphatic carbocycles. The Morgan fingerprint density at radius 3 is 2.71 bits per heavy atom. The Labute approximate surface area is 134 Å². The van der Waals surface area contributed by atoms with Crippen LogP contribution in [0.1, 0.15) is 19.4 Å². The zero-order valence-corrected chi connectivity index (χ0v) is 13.9. The minimum absolute atomic E-state index is 0.0131. The highest BCUT2D eigenvalue weighted by Gasteiger charge is 2.19. The Bertz CT molecular complexity index is 560. The number of rotatable bonds is 7. The van der Waals surface area contributed by atoms with Gasteiger partial charge in [-0.05, 0) is 21.5 Å². The van der Waals surface area contributed by atoms with Crippen molar-refractivity contribution in [2.24, 2.45) is 5.41 Å². The summed E-state index contributed by atoms with van der Waals surface area (Å²) in [6.07, 6.45) is 3.17. The summed E-state index contributed by atoms with van der Waals surface area (Å²) in [5.74, 6) is 0.584. The standard InChI is InChI=1S/C16H20BrN3O/c1-16(2,10-18-8-13-6-4-3-5-7-13)11-21-15-14(17)9-19-12-20-15/h3-7,9,12,18H,8,10-11H2,1-2H3. The van der Waals surface area contributed by atoms with Crippen molar-refractivity contribution in [3.05, 3.63) is 52.9 Å². The van der Waals surface area contributed by atoms with E-state index in [1.54, 1.807) is 6.20 Å². The Kier molecular flexibility index (Phi) is 5.70. The fourth-order valence-electron chi connectivity index (χ4n) is 1.86. The van der Waals surface area contributed by atoms with Crippen LogP contribution in [0.25, 0.3) is 0 Å². The van der Waals surface area contributed by atoms with E-state index in [2.05, 4.69) is 69.3 Å². The van der Waals surface area contributed by atoms with E-state index in [4.69, 9.17) is 4.74 Å². The van der Waals surface area contributed by atoms with Gasteiger partial charge in [0.2, 0.25) is 5.88 Å². The van der Waals surface area contributed by atoms with Crippen LogP contribution in [-0.2, 0) is 6.54 Å². The number of benzene rings is 1. The second kappa shape index (κ2) is 7.52. The van der Waals surface area contributed by atoms with Gasteiger partial charge in [-0.3, -0.25) is 0 Å². The first kappa shape index (κ1) is 15.9. The third-order valence-electron chi connectivity index (χ3n) is 3.01. The molecule has 0 amide bonds. The minimum atomic E-state index is 0.0131. The molecular formula is C16H20BrN3O. The van der Waals surface area contributed by atoms with Crippen molar-refractivity contribution in [2.75, 3.05) is 13.2 Å². The zero-order chi connectivity index (χ0) is 15.1. The van der Waals surface area contributed by atoms with Gasteiger partial charge in [0.15, 0.2) is 0 Å². The lowest BCUT2D eigenvalue weighted by atomic mass is 9.95. The average molecular weight is 350 g/mol. The molecule has 0 fully saturated rings. The zero-order valence-electron chi connectivity index (χ0n) is 12.3.